The number of benzene rings is 3. The Morgan fingerprint density at radius 2 is 1.54 bits per heavy atom. The molecule has 12 heteroatoms. The molecular formula is C29H20F3N3O5S. The zero-order valence-corrected chi connectivity index (χ0v) is 21.9. The van der Waals surface area contributed by atoms with Gasteiger partial charge in [-0.2, -0.15) is 17.9 Å². The number of alkyl halides is 3. The van der Waals surface area contributed by atoms with Crippen molar-refractivity contribution in [3.63, 3.8) is 0 Å². The molecule has 3 aromatic carbocycles. The van der Waals surface area contributed by atoms with E-state index in [-0.39, 0.29) is 45.7 Å². The fourth-order valence-electron chi connectivity index (χ4n) is 4.06. The largest absolute Gasteiger partial charge is 0.618 e. The van der Waals surface area contributed by atoms with E-state index in [2.05, 4.69) is 4.98 Å². The minimum absolute atomic E-state index is 0.0347. The molecule has 0 N–H and O–H groups in total. The van der Waals surface area contributed by atoms with E-state index >= 15 is 0 Å². The summed E-state index contributed by atoms with van der Waals surface area (Å²) in [5, 5.41) is 25.5. The number of halogens is 3. The molecule has 0 aliphatic carbocycles. The predicted molar refractivity (Wildman–Crippen MR) is 145 cm³/mol. The van der Waals surface area contributed by atoms with Crippen LogP contribution < -0.4 is 14.2 Å². The van der Waals surface area contributed by atoms with Crippen molar-refractivity contribution < 1.29 is 32.3 Å². The summed E-state index contributed by atoms with van der Waals surface area (Å²) in [7, 11) is 0. The maximum atomic E-state index is 13.6. The van der Waals surface area contributed by atoms with Crippen LogP contribution in [0.5, 0.6) is 11.5 Å². The van der Waals surface area contributed by atoms with Gasteiger partial charge in [-0.05, 0) is 23.3 Å². The summed E-state index contributed by atoms with van der Waals surface area (Å²) >= 11 is 0.873. The van der Waals surface area contributed by atoms with Crippen molar-refractivity contribution >= 4 is 17.0 Å². The number of hydrogen-bond acceptors (Lipinski definition) is 7. The molecule has 41 heavy (non-hydrogen) atoms. The van der Waals surface area contributed by atoms with Crippen molar-refractivity contribution in [2.24, 2.45) is 0 Å². The van der Waals surface area contributed by atoms with Crippen LogP contribution in [0.4, 0.5) is 18.9 Å². The number of nitrogens with zero attached hydrogens (tertiary/aromatic N) is 3. The van der Waals surface area contributed by atoms with Gasteiger partial charge in [-0.3, -0.25) is 10.1 Å². The van der Waals surface area contributed by atoms with Crippen LogP contribution in [-0.2, 0) is 19.4 Å². The van der Waals surface area contributed by atoms with E-state index in [4.69, 9.17) is 9.47 Å². The van der Waals surface area contributed by atoms with Crippen molar-refractivity contribution in [2.75, 3.05) is 0 Å². The Morgan fingerprint density at radius 1 is 0.902 bits per heavy atom. The van der Waals surface area contributed by atoms with Crippen molar-refractivity contribution in [2.45, 2.75) is 19.4 Å². The smallest absolute Gasteiger partial charge is 0.479 e. The number of thiazole rings is 1. The van der Waals surface area contributed by atoms with Crippen molar-refractivity contribution in [1.82, 2.24) is 4.98 Å². The molecule has 0 fully saturated rings. The summed E-state index contributed by atoms with van der Waals surface area (Å²) in [5.74, 6) is -0.0274. The molecule has 2 aromatic heterocycles. The second kappa shape index (κ2) is 11.6. The summed E-state index contributed by atoms with van der Waals surface area (Å²) in [4.78, 5) is 15.8. The first-order chi connectivity index (χ1) is 19.7. The molecule has 2 heterocycles. The highest BCUT2D eigenvalue weighted by molar-refractivity contribution is 7.13. The summed E-state index contributed by atoms with van der Waals surface area (Å²) < 4.78 is 52.5. The van der Waals surface area contributed by atoms with Gasteiger partial charge in [0.05, 0.1) is 16.2 Å². The molecule has 0 bridgehead atoms. The van der Waals surface area contributed by atoms with Crippen LogP contribution in [0.25, 0.3) is 21.8 Å². The number of nitro benzene ring substituents is 1. The highest BCUT2D eigenvalue weighted by Gasteiger charge is 2.43. The summed E-state index contributed by atoms with van der Waals surface area (Å²) in [6.07, 6.45) is -4.16. The first-order valence-electron chi connectivity index (χ1n) is 12.1. The quantitative estimate of drug-likeness (QED) is 0.0793. The first kappa shape index (κ1) is 27.6. The summed E-state index contributed by atoms with van der Waals surface area (Å²) in [6, 6.07) is 23.3. The van der Waals surface area contributed by atoms with Crippen molar-refractivity contribution in [3.05, 3.63) is 129 Å². The molecule has 0 atom stereocenters. The van der Waals surface area contributed by atoms with Gasteiger partial charge in [-0.15, -0.1) is 11.3 Å². The molecule has 0 amide bonds. The summed E-state index contributed by atoms with van der Waals surface area (Å²) in [5.41, 5.74) is -0.213. The minimum atomic E-state index is -4.92. The number of aromatic nitrogens is 2. The average molecular weight is 580 g/mol. The molecule has 0 spiro atoms. The third-order valence-corrected chi connectivity index (χ3v) is 6.83. The van der Waals surface area contributed by atoms with E-state index in [0.717, 1.165) is 34.7 Å². The lowest BCUT2D eigenvalue weighted by Crippen LogP contribution is -2.37. The first-order valence-corrected chi connectivity index (χ1v) is 13.0. The van der Waals surface area contributed by atoms with Gasteiger partial charge in [0.25, 0.3) is 0 Å². The Labute approximate surface area is 235 Å². The highest BCUT2D eigenvalue weighted by atomic mass is 32.1. The van der Waals surface area contributed by atoms with Gasteiger partial charge in [0.1, 0.15) is 18.2 Å². The maximum absolute atomic E-state index is 13.6. The molecule has 0 aliphatic rings. The lowest BCUT2D eigenvalue weighted by atomic mass is 10.1. The molecule has 5 aromatic rings. The third kappa shape index (κ3) is 6.28. The highest BCUT2D eigenvalue weighted by Crippen LogP contribution is 2.43. The molecular weight excluding hydrogens is 559 g/mol. The van der Waals surface area contributed by atoms with Gasteiger partial charge in [0.2, 0.25) is 5.75 Å². The number of rotatable bonds is 9. The summed E-state index contributed by atoms with van der Waals surface area (Å²) in [6.45, 7) is 0.112. The zero-order chi connectivity index (χ0) is 29.0. The van der Waals surface area contributed by atoms with E-state index in [1.54, 1.807) is 0 Å². The number of nitro groups is 1. The minimum Gasteiger partial charge on any atom is -0.618 e. The van der Waals surface area contributed by atoms with Crippen LogP contribution in [0.2, 0.25) is 0 Å². The van der Waals surface area contributed by atoms with E-state index in [0.29, 0.717) is 0 Å². The van der Waals surface area contributed by atoms with Gasteiger partial charge >= 0.3 is 17.6 Å². The molecule has 0 aliphatic heterocycles. The molecule has 8 nitrogen and oxygen atoms in total. The Morgan fingerprint density at radius 3 is 2.15 bits per heavy atom. The predicted octanol–water partition coefficient (Wildman–Crippen LogP) is 7.20. The molecule has 5 rings (SSSR count). The van der Waals surface area contributed by atoms with E-state index in [1.807, 2.05) is 60.7 Å². The van der Waals surface area contributed by atoms with Gasteiger partial charge in [-0.25, -0.2) is 4.98 Å². The SMILES string of the molecule is O=[N+]([O-])c1cc(-c2csc(-c3ccc[n+]([O-])c3C(F)(F)F)n2)cc(OCc2ccccc2)c1OCc1ccccc1. The van der Waals surface area contributed by atoms with E-state index in [1.165, 1.54) is 23.6 Å². The van der Waals surface area contributed by atoms with Crippen LogP contribution in [0.1, 0.15) is 16.8 Å². The van der Waals surface area contributed by atoms with Gasteiger partial charge < -0.3 is 14.7 Å². The number of hydrogen-bond donors (Lipinski definition) is 0. The van der Waals surface area contributed by atoms with Crippen molar-refractivity contribution in [3.8, 4) is 33.3 Å². The molecule has 0 radical (unpaired) electrons. The van der Waals surface area contributed by atoms with E-state index in [9.17, 15) is 28.5 Å². The molecule has 0 unspecified atom stereocenters. The Hall–Kier alpha value is -4.97. The lowest BCUT2D eigenvalue weighted by Gasteiger charge is -2.15. The molecule has 208 valence electrons. The van der Waals surface area contributed by atoms with Crippen LogP contribution in [0.15, 0.2) is 96.5 Å². The van der Waals surface area contributed by atoms with Crippen LogP contribution in [-0.4, -0.2) is 9.91 Å². The lowest BCUT2D eigenvalue weighted by molar-refractivity contribution is -0.628. The van der Waals surface area contributed by atoms with Crippen LogP contribution >= 0.6 is 11.3 Å². The molecule has 0 saturated carbocycles. The normalized spacial score (nSPS) is 11.3. The second-order valence-corrected chi connectivity index (χ2v) is 9.62. The second-order valence-electron chi connectivity index (χ2n) is 8.76. The maximum Gasteiger partial charge on any atom is 0.479 e. The van der Waals surface area contributed by atoms with Crippen LogP contribution in [0.3, 0.4) is 0 Å². The topological polar surface area (TPSA) is 101 Å². The Balaban J connectivity index is 1.56. The fraction of sp³-hybridized carbons (Fsp3) is 0.103. The monoisotopic (exact) mass is 579 g/mol. The number of pyridine rings is 1. The zero-order valence-electron chi connectivity index (χ0n) is 21.1. The number of ether oxygens (including phenoxy) is 2. The van der Waals surface area contributed by atoms with Crippen molar-refractivity contribution in [1.29, 1.82) is 0 Å². The standard InChI is InChI=1S/C29H20F3N3O5S/c30-29(31,32)27-22(12-7-13-34(27)36)28-33-23(18-41-28)21-14-24(35(37)38)26(40-17-20-10-5-2-6-11-20)25(15-21)39-16-19-8-3-1-4-9-19/h1-15,18H,16-17H2. The average Bonchev–Trinajstić information content (AvgIpc) is 3.45. The Kier molecular flexibility index (Phi) is 7.83. The van der Waals surface area contributed by atoms with Gasteiger partial charge in [0.15, 0.2) is 11.9 Å². The third-order valence-electron chi connectivity index (χ3n) is 5.95. The van der Waals surface area contributed by atoms with Crippen LogP contribution in [0, 0.1) is 15.3 Å². The van der Waals surface area contributed by atoms with E-state index < -0.39 is 28.0 Å². The fourth-order valence-corrected chi connectivity index (χ4v) is 4.91. The van der Waals surface area contributed by atoms with Gasteiger partial charge in [0, 0.05) is 23.1 Å². The van der Waals surface area contributed by atoms with Gasteiger partial charge in [-0.1, -0.05) is 60.7 Å². The molecule has 0 saturated heterocycles. The Bertz CT molecular complexity index is 1680.